The van der Waals surface area contributed by atoms with Crippen molar-refractivity contribution in [3.05, 3.63) is 33.1 Å². The molecule has 0 bridgehead atoms. The number of nitrogens with zero attached hydrogens (tertiary/aromatic N) is 1. The SMILES string of the molecule is N[C@H]1[C@@H](O)[C@H](OC[C@@H]2O[C@H](n3ccc(=O)[nH]c3=O)C(O)C2O)O[C@H](CO)[C@H]1O. The van der Waals surface area contributed by atoms with Crippen LogP contribution in [0, 0.1) is 0 Å². The van der Waals surface area contributed by atoms with E-state index in [1.54, 1.807) is 0 Å². The van der Waals surface area contributed by atoms with Gasteiger partial charge in [-0.05, 0) is 0 Å². The predicted molar refractivity (Wildman–Crippen MR) is 88.9 cm³/mol. The highest BCUT2D eigenvalue weighted by atomic mass is 16.7. The first kappa shape index (κ1) is 21.0. The molecule has 2 aliphatic rings. The molecule has 3 rings (SSSR count). The van der Waals surface area contributed by atoms with Gasteiger partial charge >= 0.3 is 5.69 Å². The largest absolute Gasteiger partial charge is 0.394 e. The van der Waals surface area contributed by atoms with Crippen LogP contribution in [0.2, 0.25) is 0 Å². The monoisotopic (exact) mass is 405 g/mol. The summed E-state index contributed by atoms with van der Waals surface area (Å²) < 4.78 is 17.0. The molecule has 0 amide bonds. The fraction of sp³-hybridized carbons (Fsp3) is 0.733. The molecule has 2 fully saturated rings. The maximum Gasteiger partial charge on any atom is 0.330 e. The van der Waals surface area contributed by atoms with Crippen molar-refractivity contribution in [3.63, 3.8) is 0 Å². The van der Waals surface area contributed by atoms with Crippen LogP contribution in [-0.4, -0.2) is 97.3 Å². The van der Waals surface area contributed by atoms with Crippen molar-refractivity contribution in [1.29, 1.82) is 0 Å². The van der Waals surface area contributed by atoms with E-state index in [9.17, 15) is 35.1 Å². The summed E-state index contributed by atoms with van der Waals surface area (Å²) in [6.07, 6.45) is -9.32. The van der Waals surface area contributed by atoms with Crippen molar-refractivity contribution >= 4 is 0 Å². The lowest BCUT2D eigenvalue weighted by Gasteiger charge is -2.40. The normalized spacial score (nSPS) is 41.3. The number of aromatic nitrogens is 2. The van der Waals surface area contributed by atoms with E-state index in [1.807, 2.05) is 4.98 Å². The molecule has 2 saturated heterocycles. The second-order valence-electron chi connectivity index (χ2n) is 6.68. The molecular weight excluding hydrogens is 382 g/mol. The summed E-state index contributed by atoms with van der Waals surface area (Å²) in [6.45, 7) is -0.921. The summed E-state index contributed by atoms with van der Waals surface area (Å²) in [5.74, 6) is 0. The van der Waals surface area contributed by atoms with Gasteiger partial charge in [-0.3, -0.25) is 14.3 Å². The van der Waals surface area contributed by atoms with Gasteiger partial charge in [-0.15, -0.1) is 0 Å². The fourth-order valence-corrected chi connectivity index (χ4v) is 3.17. The Hall–Kier alpha value is -1.68. The quantitative estimate of drug-likeness (QED) is 0.246. The molecule has 0 aromatic carbocycles. The van der Waals surface area contributed by atoms with Gasteiger partial charge in [0.2, 0.25) is 0 Å². The molecule has 9 atom stereocenters. The zero-order chi connectivity index (χ0) is 20.6. The fourth-order valence-electron chi connectivity index (χ4n) is 3.17. The minimum Gasteiger partial charge on any atom is -0.394 e. The zero-order valence-corrected chi connectivity index (χ0v) is 14.6. The van der Waals surface area contributed by atoms with E-state index in [0.717, 1.165) is 16.8 Å². The van der Waals surface area contributed by atoms with Crippen LogP contribution in [0.25, 0.3) is 0 Å². The number of rotatable bonds is 5. The second-order valence-corrected chi connectivity index (χ2v) is 6.68. The molecule has 158 valence electrons. The van der Waals surface area contributed by atoms with Crippen LogP contribution in [0.15, 0.2) is 21.9 Å². The number of hydrogen-bond acceptors (Lipinski definition) is 11. The van der Waals surface area contributed by atoms with Gasteiger partial charge in [0.05, 0.1) is 19.3 Å². The molecule has 8 N–H and O–H groups in total. The van der Waals surface area contributed by atoms with Gasteiger partial charge in [-0.2, -0.15) is 0 Å². The number of aromatic amines is 1. The number of ether oxygens (including phenoxy) is 3. The number of hydrogen-bond donors (Lipinski definition) is 7. The average molecular weight is 405 g/mol. The van der Waals surface area contributed by atoms with Gasteiger partial charge < -0.3 is 45.5 Å². The zero-order valence-electron chi connectivity index (χ0n) is 14.6. The standard InChI is InChI=1S/C15H23N3O10/c16-8-9(21)5(3-19)28-14(11(8)23)26-4-6-10(22)12(24)13(27-6)18-2-1-7(20)17-15(18)25/h1-2,5-6,8-14,19,21-24H,3-4,16H2,(H,17,20,25)/t5-,6+,8-,9-,10?,11-,12?,13+,14-/m1/s1. The Morgan fingerprint density at radius 3 is 2.43 bits per heavy atom. The highest BCUT2D eigenvalue weighted by Gasteiger charge is 2.47. The molecule has 1 aromatic heterocycles. The van der Waals surface area contributed by atoms with Crippen molar-refractivity contribution in [2.45, 2.75) is 55.2 Å². The molecule has 2 aliphatic heterocycles. The van der Waals surface area contributed by atoms with E-state index in [1.165, 1.54) is 0 Å². The Labute approximate surface area is 157 Å². The van der Waals surface area contributed by atoms with Crippen molar-refractivity contribution in [3.8, 4) is 0 Å². The molecule has 0 radical (unpaired) electrons. The van der Waals surface area contributed by atoms with Crippen LogP contribution in [0.4, 0.5) is 0 Å². The molecule has 2 unspecified atom stereocenters. The Kier molecular flexibility index (Phi) is 6.28. The minimum absolute atomic E-state index is 0.366. The van der Waals surface area contributed by atoms with E-state index >= 15 is 0 Å². The number of nitrogens with one attached hydrogen (secondary N) is 1. The second kappa shape index (κ2) is 8.36. The number of H-pyrrole nitrogens is 1. The molecule has 0 aliphatic carbocycles. The summed E-state index contributed by atoms with van der Waals surface area (Å²) in [4.78, 5) is 25.0. The summed E-state index contributed by atoms with van der Waals surface area (Å²) in [6, 6.07) is -0.0786. The maximum absolute atomic E-state index is 11.9. The molecule has 3 heterocycles. The van der Waals surface area contributed by atoms with Gasteiger partial charge in [0.15, 0.2) is 12.5 Å². The van der Waals surface area contributed by atoms with Crippen LogP contribution in [-0.2, 0) is 14.2 Å². The predicted octanol–water partition coefficient (Wildman–Crippen LogP) is -5.06. The van der Waals surface area contributed by atoms with Crippen molar-refractivity contribution in [2.24, 2.45) is 5.73 Å². The van der Waals surface area contributed by atoms with E-state index < -0.39 is 73.0 Å². The first-order valence-electron chi connectivity index (χ1n) is 8.57. The third kappa shape index (κ3) is 3.89. The highest BCUT2D eigenvalue weighted by molar-refractivity contribution is 4.94. The molecule has 28 heavy (non-hydrogen) atoms. The molecule has 0 spiro atoms. The summed E-state index contributed by atoms with van der Waals surface area (Å²) >= 11 is 0. The minimum atomic E-state index is -1.50. The Morgan fingerprint density at radius 2 is 1.79 bits per heavy atom. The first-order chi connectivity index (χ1) is 13.2. The van der Waals surface area contributed by atoms with Crippen LogP contribution < -0.4 is 17.0 Å². The summed E-state index contributed by atoms with van der Waals surface area (Å²) in [5, 5.41) is 49.4. The molecule has 1 aromatic rings. The van der Waals surface area contributed by atoms with Crippen molar-refractivity contribution in [2.75, 3.05) is 13.2 Å². The number of nitrogens with two attached hydrogens (primary N) is 1. The van der Waals surface area contributed by atoms with Gasteiger partial charge in [0.1, 0.15) is 36.6 Å². The summed E-state index contributed by atoms with van der Waals surface area (Å²) in [5.41, 5.74) is 4.22. The van der Waals surface area contributed by atoms with E-state index in [0.29, 0.717) is 0 Å². The van der Waals surface area contributed by atoms with Crippen molar-refractivity contribution in [1.82, 2.24) is 9.55 Å². The molecule has 13 nitrogen and oxygen atoms in total. The molecular formula is C15H23N3O10. The lowest BCUT2D eigenvalue weighted by Crippen LogP contribution is -2.62. The third-order valence-electron chi connectivity index (χ3n) is 4.82. The average Bonchev–Trinajstić information content (AvgIpc) is 2.94. The van der Waals surface area contributed by atoms with Gasteiger partial charge in [0, 0.05) is 12.3 Å². The lowest BCUT2D eigenvalue weighted by molar-refractivity contribution is -0.283. The lowest BCUT2D eigenvalue weighted by atomic mass is 9.97. The molecule has 0 saturated carbocycles. The van der Waals surface area contributed by atoms with E-state index in [-0.39, 0.29) is 6.61 Å². The van der Waals surface area contributed by atoms with Crippen LogP contribution in [0.3, 0.4) is 0 Å². The Balaban J connectivity index is 1.66. The van der Waals surface area contributed by atoms with E-state index in [4.69, 9.17) is 19.9 Å². The van der Waals surface area contributed by atoms with Gasteiger partial charge in [0.25, 0.3) is 5.56 Å². The van der Waals surface area contributed by atoms with Crippen LogP contribution in [0.1, 0.15) is 6.23 Å². The van der Waals surface area contributed by atoms with Crippen LogP contribution in [0.5, 0.6) is 0 Å². The Morgan fingerprint density at radius 1 is 1.07 bits per heavy atom. The Bertz CT molecular complexity index is 782. The van der Waals surface area contributed by atoms with Crippen molar-refractivity contribution < 1.29 is 39.7 Å². The van der Waals surface area contributed by atoms with Gasteiger partial charge in [-0.25, -0.2) is 4.79 Å². The topological polar surface area (TPSA) is 210 Å². The maximum atomic E-state index is 11.9. The molecule has 13 heteroatoms. The third-order valence-corrected chi connectivity index (χ3v) is 4.82. The highest BCUT2D eigenvalue weighted by Crippen LogP contribution is 2.29. The van der Waals surface area contributed by atoms with Crippen LogP contribution >= 0.6 is 0 Å². The first-order valence-corrected chi connectivity index (χ1v) is 8.57. The number of aliphatic hydroxyl groups is 5. The number of aliphatic hydroxyl groups excluding tert-OH is 5. The van der Waals surface area contributed by atoms with Gasteiger partial charge in [-0.1, -0.05) is 0 Å². The summed E-state index contributed by atoms with van der Waals surface area (Å²) in [7, 11) is 0. The smallest absolute Gasteiger partial charge is 0.330 e. The van der Waals surface area contributed by atoms with E-state index in [2.05, 4.69) is 0 Å².